The number of likely N-dealkylation sites (N-methyl/N-ethyl adjacent to an activating group) is 1. The van der Waals surface area contributed by atoms with Gasteiger partial charge in [0.15, 0.2) is 5.78 Å². The summed E-state index contributed by atoms with van der Waals surface area (Å²) in [6.45, 7) is 2.44. The molecule has 0 aromatic carbocycles. The third kappa shape index (κ3) is 2.85. The van der Waals surface area contributed by atoms with Crippen LogP contribution in [0.15, 0.2) is 0 Å². The molecule has 2 N–H and O–H groups in total. The van der Waals surface area contributed by atoms with E-state index < -0.39 is 14.7 Å². The van der Waals surface area contributed by atoms with Crippen LogP contribution in [-0.4, -0.2) is 46.2 Å². The molecule has 4 nitrogen and oxygen atoms in total. The number of hydrogen-bond acceptors (Lipinski definition) is 5. The largest absolute Gasteiger partial charge is 0.330 e. The zero-order valence-electron chi connectivity index (χ0n) is 10.1. The van der Waals surface area contributed by atoms with E-state index in [1.807, 2.05) is 25.9 Å². The Labute approximate surface area is 103 Å². The number of hydrogen-bond donors (Lipinski definition) is 1. The van der Waals surface area contributed by atoms with E-state index in [1.165, 1.54) is 10.8 Å². The summed E-state index contributed by atoms with van der Waals surface area (Å²) >= 11 is 0. The first-order valence-electron chi connectivity index (χ1n) is 5.41. The Balaban J connectivity index is 2.82. The summed E-state index contributed by atoms with van der Waals surface area (Å²) in [4.78, 5) is 13.5. The number of carbonyl (C=O) groups excluding carboxylic acids is 1. The quantitative estimate of drug-likeness (QED) is 0.753. The van der Waals surface area contributed by atoms with Gasteiger partial charge in [-0.15, -0.1) is 0 Å². The van der Waals surface area contributed by atoms with E-state index in [0.717, 1.165) is 12.8 Å². The maximum Gasteiger partial charge on any atom is 0.167 e. The molecule has 6 heteroatoms. The van der Waals surface area contributed by atoms with Gasteiger partial charge in [0.25, 0.3) is 0 Å². The molecule has 0 aromatic heterocycles. The minimum atomic E-state index is -0.971. The van der Waals surface area contributed by atoms with E-state index in [0.29, 0.717) is 12.3 Å². The Morgan fingerprint density at radius 1 is 1.62 bits per heavy atom. The molecule has 0 spiro atoms. The summed E-state index contributed by atoms with van der Waals surface area (Å²) < 4.78 is 11.8. The first kappa shape index (κ1) is 14.2. The molecule has 1 aliphatic heterocycles. The van der Waals surface area contributed by atoms with E-state index in [2.05, 4.69) is 0 Å². The fraction of sp³-hybridized carbons (Fsp3) is 0.900. The summed E-state index contributed by atoms with van der Waals surface area (Å²) in [5, 5.41) is 0. The molecule has 16 heavy (non-hydrogen) atoms. The Kier molecular flexibility index (Phi) is 4.97. The molecule has 1 aliphatic rings. The lowest BCUT2D eigenvalue weighted by Gasteiger charge is -2.39. The van der Waals surface area contributed by atoms with Crippen LogP contribution in [-0.2, 0) is 14.6 Å². The van der Waals surface area contributed by atoms with Crippen LogP contribution in [0.25, 0.3) is 0 Å². The van der Waals surface area contributed by atoms with Crippen molar-refractivity contribution in [3.8, 4) is 0 Å². The van der Waals surface area contributed by atoms with Crippen LogP contribution >= 0.6 is 10.8 Å². The molecule has 0 amide bonds. The van der Waals surface area contributed by atoms with Gasteiger partial charge in [0.05, 0.1) is 9.83 Å². The van der Waals surface area contributed by atoms with E-state index in [-0.39, 0.29) is 11.7 Å². The number of nitrogens with zero attached hydrogens (tertiary/aromatic N) is 1. The van der Waals surface area contributed by atoms with Gasteiger partial charge in [-0.05, 0) is 51.2 Å². The summed E-state index contributed by atoms with van der Waals surface area (Å²) in [5.74, 6) is 0.570. The normalized spacial score (nSPS) is 35.7. The summed E-state index contributed by atoms with van der Waals surface area (Å²) in [6.07, 6.45) is 1.58. The average Bonchev–Trinajstić information content (AvgIpc) is 2.21. The van der Waals surface area contributed by atoms with Crippen LogP contribution in [0.3, 0.4) is 0 Å². The number of rotatable bonds is 4. The van der Waals surface area contributed by atoms with Gasteiger partial charge < -0.3 is 5.73 Å². The lowest BCUT2D eigenvalue weighted by atomic mass is 9.95. The molecule has 0 radical (unpaired) electrons. The highest BCUT2D eigenvalue weighted by Gasteiger charge is 2.46. The number of Topliss-reactive ketones (excluding diaryl/α,β-unsaturated/α-hetero) is 1. The van der Waals surface area contributed by atoms with Gasteiger partial charge in [-0.1, -0.05) is 0 Å². The number of ketones is 1. The van der Waals surface area contributed by atoms with Gasteiger partial charge in [-0.3, -0.25) is 9.69 Å². The second-order valence-electron chi connectivity index (χ2n) is 4.42. The van der Waals surface area contributed by atoms with Crippen molar-refractivity contribution in [3.05, 3.63) is 0 Å². The molecule has 94 valence electrons. The molecule has 1 heterocycles. The first-order chi connectivity index (χ1) is 7.41. The highest BCUT2D eigenvalue weighted by Crippen LogP contribution is 2.40. The minimum absolute atomic E-state index is 0.0990. The van der Waals surface area contributed by atoms with Crippen molar-refractivity contribution in [3.63, 3.8) is 0 Å². The summed E-state index contributed by atoms with van der Waals surface area (Å²) in [5.41, 5.74) is 5.45. The van der Waals surface area contributed by atoms with Crippen LogP contribution in [0.5, 0.6) is 0 Å². The molecule has 1 fully saturated rings. The van der Waals surface area contributed by atoms with Crippen molar-refractivity contribution in [2.75, 3.05) is 26.4 Å². The molecule has 1 rings (SSSR count). The molecule has 1 saturated heterocycles. The molecule has 0 aromatic rings. The van der Waals surface area contributed by atoms with Crippen molar-refractivity contribution in [1.82, 2.24) is 4.90 Å². The molecule has 3 atom stereocenters. The van der Waals surface area contributed by atoms with E-state index in [9.17, 15) is 9.00 Å². The van der Waals surface area contributed by atoms with Crippen molar-refractivity contribution in [1.29, 1.82) is 0 Å². The Bertz CT molecular complexity index is 297. The van der Waals surface area contributed by atoms with Gasteiger partial charge in [-0.2, -0.15) is 0 Å². The first-order valence-corrected chi connectivity index (χ1v) is 8.06. The van der Waals surface area contributed by atoms with E-state index in [1.54, 1.807) is 0 Å². The van der Waals surface area contributed by atoms with Crippen LogP contribution in [0.2, 0.25) is 0 Å². The van der Waals surface area contributed by atoms with E-state index in [4.69, 9.17) is 5.73 Å². The Morgan fingerprint density at radius 3 is 2.75 bits per heavy atom. The van der Waals surface area contributed by atoms with Gasteiger partial charge in [-0.25, -0.2) is 4.21 Å². The van der Waals surface area contributed by atoms with Crippen LogP contribution < -0.4 is 5.73 Å². The zero-order valence-corrected chi connectivity index (χ0v) is 11.7. The number of carbonyl (C=O) groups is 1. The molecule has 2 unspecified atom stereocenters. The van der Waals surface area contributed by atoms with Gasteiger partial charge in [0, 0.05) is 11.7 Å². The maximum absolute atomic E-state index is 12.3. The maximum atomic E-state index is 12.3. The minimum Gasteiger partial charge on any atom is -0.330 e. The lowest BCUT2D eigenvalue weighted by Crippen LogP contribution is -2.52. The standard InChI is InChI=1S/C10H20N2O2S2/c1-10(12(2)3)9(13)8(5-4-6-11)7-16(14)15-10/h8H,4-7,11H2,1-3H3/t8?,10-,16?/m0/s1. The van der Waals surface area contributed by atoms with Crippen molar-refractivity contribution in [2.24, 2.45) is 11.7 Å². The fourth-order valence-corrected chi connectivity index (χ4v) is 5.70. The number of nitrogens with two attached hydrogens (primary N) is 1. The Hall–Kier alpha value is 0.0900. The smallest absolute Gasteiger partial charge is 0.167 e. The van der Waals surface area contributed by atoms with Crippen LogP contribution in [0.4, 0.5) is 0 Å². The van der Waals surface area contributed by atoms with Crippen LogP contribution in [0, 0.1) is 5.92 Å². The molecular weight excluding hydrogens is 244 g/mol. The summed E-state index contributed by atoms with van der Waals surface area (Å²) in [6, 6.07) is 0. The van der Waals surface area contributed by atoms with Crippen LogP contribution in [0.1, 0.15) is 19.8 Å². The zero-order chi connectivity index (χ0) is 12.3. The second kappa shape index (κ2) is 5.62. The van der Waals surface area contributed by atoms with Crippen molar-refractivity contribution < 1.29 is 9.00 Å². The molecule has 0 aliphatic carbocycles. The monoisotopic (exact) mass is 264 g/mol. The highest BCUT2D eigenvalue weighted by molar-refractivity contribution is 8.70. The molecular formula is C10H20N2O2S2. The van der Waals surface area contributed by atoms with Crippen molar-refractivity contribution in [2.45, 2.75) is 24.6 Å². The Morgan fingerprint density at radius 2 is 2.25 bits per heavy atom. The fourth-order valence-electron chi connectivity index (χ4n) is 1.75. The molecule has 0 bridgehead atoms. The lowest BCUT2D eigenvalue weighted by molar-refractivity contribution is -0.128. The van der Waals surface area contributed by atoms with Gasteiger partial charge in [0.1, 0.15) is 4.87 Å². The van der Waals surface area contributed by atoms with Gasteiger partial charge >= 0.3 is 0 Å². The predicted octanol–water partition coefficient (Wildman–Crippen LogP) is 0.599. The third-order valence-corrected chi connectivity index (χ3v) is 6.72. The summed E-state index contributed by atoms with van der Waals surface area (Å²) in [7, 11) is 4.00. The topological polar surface area (TPSA) is 63.4 Å². The predicted molar refractivity (Wildman–Crippen MR) is 69.5 cm³/mol. The SMILES string of the molecule is CN(C)[C@@]1(C)SS(=O)CC(CCCN)C1=O. The van der Waals surface area contributed by atoms with Gasteiger partial charge in [0.2, 0.25) is 0 Å². The van der Waals surface area contributed by atoms with E-state index >= 15 is 0 Å². The van der Waals surface area contributed by atoms with Crippen molar-refractivity contribution >= 4 is 26.4 Å². The average molecular weight is 264 g/mol. The second-order valence-corrected chi connectivity index (χ2v) is 7.94. The highest BCUT2D eigenvalue weighted by atomic mass is 33.1. The third-order valence-electron chi connectivity index (χ3n) is 3.03. The molecule has 0 saturated carbocycles.